The molecule has 2 aromatic carbocycles. The second-order valence-electron chi connectivity index (χ2n) is 10.6. The van der Waals surface area contributed by atoms with E-state index < -0.39 is 17.8 Å². The highest BCUT2D eigenvalue weighted by Crippen LogP contribution is 2.42. The van der Waals surface area contributed by atoms with E-state index in [9.17, 15) is 18.0 Å². The Morgan fingerprint density at radius 2 is 1.76 bits per heavy atom. The van der Waals surface area contributed by atoms with E-state index in [2.05, 4.69) is 15.6 Å². The molecular weight excluding hydrogens is 559 g/mol. The van der Waals surface area contributed by atoms with Gasteiger partial charge in [0, 0.05) is 36.2 Å². The van der Waals surface area contributed by atoms with Crippen molar-refractivity contribution < 1.29 is 18.0 Å². The summed E-state index contributed by atoms with van der Waals surface area (Å²) in [6.07, 6.45) is -2.65. The summed E-state index contributed by atoms with van der Waals surface area (Å²) in [7, 11) is 0. The molecule has 5 rings (SSSR count). The average Bonchev–Trinajstić information content (AvgIpc) is 3.43. The van der Waals surface area contributed by atoms with Gasteiger partial charge in [0.25, 0.3) is 0 Å². The van der Waals surface area contributed by atoms with E-state index in [-0.39, 0.29) is 24.1 Å². The van der Waals surface area contributed by atoms with Crippen LogP contribution < -0.4 is 10.6 Å². The summed E-state index contributed by atoms with van der Waals surface area (Å²) in [5.74, 6) is -0.156. The minimum Gasteiger partial charge on any atom is -0.352 e. The minimum absolute atomic E-state index is 0.0635. The zero-order chi connectivity index (χ0) is 30.2. The zero-order valence-corrected chi connectivity index (χ0v) is 24.6. The van der Waals surface area contributed by atoms with Crippen LogP contribution in [0.5, 0.6) is 0 Å². The number of pyridine rings is 1. The number of aryl methyl sites for hydroxylation is 3. The lowest BCUT2D eigenvalue weighted by Crippen LogP contribution is -2.33. The van der Waals surface area contributed by atoms with Crippen LogP contribution in [0.3, 0.4) is 0 Å². The molecule has 2 aromatic heterocycles. The lowest BCUT2D eigenvalue weighted by Gasteiger charge is -2.28. The van der Waals surface area contributed by atoms with Crippen LogP contribution in [0.15, 0.2) is 72.9 Å². The third kappa shape index (κ3) is 5.76. The molecule has 3 heterocycles. The molecule has 1 fully saturated rings. The summed E-state index contributed by atoms with van der Waals surface area (Å²) >= 11 is 5.76. The Morgan fingerprint density at radius 3 is 2.48 bits per heavy atom. The summed E-state index contributed by atoms with van der Waals surface area (Å²) in [6, 6.07) is 18.2. The highest BCUT2D eigenvalue weighted by Gasteiger charge is 2.42. The van der Waals surface area contributed by atoms with Gasteiger partial charge in [-0.3, -0.25) is 9.78 Å². The Bertz CT molecular complexity index is 1630. The smallest absolute Gasteiger partial charge is 0.352 e. The molecule has 1 amide bonds. The molecule has 2 N–H and O–H groups in total. The fourth-order valence-corrected chi connectivity index (χ4v) is 5.99. The van der Waals surface area contributed by atoms with Gasteiger partial charge in [-0.15, -0.1) is 0 Å². The number of rotatable bonds is 7. The third-order valence-electron chi connectivity index (χ3n) is 7.68. The maximum atomic E-state index is 14.0. The first-order chi connectivity index (χ1) is 20.0. The normalized spacial score (nSPS) is 16.9. The number of benzene rings is 2. The molecule has 2 atom stereocenters. The van der Waals surface area contributed by atoms with Crippen LogP contribution in [0.1, 0.15) is 57.8 Å². The molecular formula is C32H32F3N5OS. The molecule has 0 spiro atoms. The Hall–Kier alpha value is -4.18. The van der Waals surface area contributed by atoms with Crippen molar-refractivity contribution in [2.45, 2.75) is 52.4 Å². The van der Waals surface area contributed by atoms with Crippen LogP contribution in [0, 0.1) is 27.7 Å². The molecule has 0 radical (unpaired) electrons. The molecule has 6 nitrogen and oxygen atoms in total. The quantitative estimate of drug-likeness (QED) is 0.224. The number of halogens is 3. The van der Waals surface area contributed by atoms with Crippen LogP contribution in [-0.2, 0) is 11.0 Å². The number of amides is 1. The van der Waals surface area contributed by atoms with Crippen molar-refractivity contribution in [3.05, 3.63) is 112 Å². The number of para-hydroxylation sites is 1. The SMILES string of the molecule is Cc1ccc(C)c(NC(=O)CCN2C(=S)N[C@H](c3ccccn3)[C@@H]2c2cc(C)n(-c3ccccc3C(F)(F)F)c2C)c1. The van der Waals surface area contributed by atoms with Gasteiger partial charge in [-0.25, -0.2) is 0 Å². The van der Waals surface area contributed by atoms with Crippen molar-refractivity contribution in [1.29, 1.82) is 0 Å². The Balaban J connectivity index is 1.51. The van der Waals surface area contributed by atoms with E-state index in [1.807, 2.05) is 68.1 Å². The van der Waals surface area contributed by atoms with E-state index >= 15 is 0 Å². The van der Waals surface area contributed by atoms with Crippen LogP contribution in [0.4, 0.5) is 18.9 Å². The monoisotopic (exact) mass is 591 g/mol. The highest BCUT2D eigenvalue weighted by atomic mass is 32.1. The summed E-state index contributed by atoms with van der Waals surface area (Å²) in [5.41, 5.74) is 4.99. The molecule has 42 heavy (non-hydrogen) atoms. The maximum Gasteiger partial charge on any atom is 0.418 e. The number of carbonyl (C=O) groups excluding carboxylic acids is 1. The average molecular weight is 592 g/mol. The molecule has 1 aliphatic rings. The number of nitrogens with one attached hydrogen (secondary N) is 2. The molecule has 0 bridgehead atoms. The lowest BCUT2D eigenvalue weighted by atomic mass is 9.96. The summed E-state index contributed by atoms with van der Waals surface area (Å²) in [6.45, 7) is 7.82. The number of alkyl halides is 3. The molecule has 218 valence electrons. The largest absolute Gasteiger partial charge is 0.418 e. The van der Waals surface area contributed by atoms with Gasteiger partial charge in [0.2, 0.25) is 5.91 Å². The molecule has 0 saturated carbocycles. The molecule has 1 aliphatic heterocycles. The first-order valence-corrected chi connectivity index (χ1v) is 14.1. The molecule has 4 aromatic rings. The number of hydrogen-bond acceptors (Lipinski definition) is 3. The summed E-state index contributed by atoms with van der Waals surface area (Å²) < 4.78 is 43.6. The fraction of sp³-hybridized carbons (Fsp3) is 0.281. The highest BCUT2D eigenvalue weighted by molar-refractivity contribution is 7.80. The van der Waals surface area contributed by atoms with Crippen LogP contribution in [0.25, 0.3) is 5.69 Å². The van der Waals surface area contributed by atoms with Gasteiger partial charge in [0.05, 0.1) is 29.0 Å². The second kappa shape index (κ2) is 11.6. The lowest BCUT2D eigenvalue weighted by molar-refractivity contribution is -0.137. The predicted octanol–water partition coefficient (Wildman–Crippen LogP) is 7.13. The van der Waals surface area contributed by atoms with Crippen LogP contribution >= 0.6 is 12.2 Å². The number of hydrogen-bond donors (Lipinski definition) is 2. The first kappa shape index (κ1) is 29.3. The first-order valence-electron chi connectivity index (χ1n) is 13.7. The van der Waals surface area contributed by atoms with E-state index in [1.165, 1.54) is 12.1 Å². The Morgan fingerprint density at radius 1 is 1.02 bits per heavy atom. The Labute approximate surface area is 248 Å². The van der Waals surface area contributed by atoms with Crippen molar-refractivity contribution in [2.75, 3.05) is 11.9 Å². The van der Waals surface area contributed by atoms with Gasteiger partial charge in [-0.1, -0.05) is 30.3 Å². The third-order valence-corrected chi connectivity index (χ3v) is 8.04. The number of carbonyl (C=O) groups is 1. The van der Waals surface area contributed by atoms with Crippen molar-refractivity contribution in [3.8, 4) is 5.69 Å². The second-order valence-corrected chi connectivity index (χ2v) is 11.0. The van der Waals surface area contributed by atoms with Crippen molar-refractivity contribution >= 4 is 28.9 Å². The number of thiocarbonyl (C=S) groups is 1. The predicted molar refractivity (Wildman–Crippen MR) is 162 cm³/mol. The minimum atomic E-state index is -4.51. The van der Waals surface area contributed by atoms with E-state index in [0.29, 0.717) is 23.0 Å². The number of anilines is 1. The summed E-state index contributed by atoms with van der Waals surface area (Å²) in [4.78, 5) is 19.5. The van der Waals surface area contributed by atoms with E-state index in [0.717, 1.165) is 34.1 Å². The van der Waals surface area contributed by atoms with Crippen LogP contribution in [-0.4, -0.2) is 32.0 Å². The Kier molecular flexibility index (Phi) is 8.10. The topological polar surface area (TPSA) is 62.2 Å². The van der Waals surface area contributed by atoms with Gasteiger partial charge in [0.1, 0.15) is 0 Å². The van der Waals surface area contributed by atoms with Gasteiger partial charge < -0.3 is 20.1 Å². The van der Waals surface area contributed by atoms with Gasteiger partial charge in [-0.2, -0.15) is 13.2 Å². The molecule has 1 saturated heterocycles. The van der Waals surface area contributed by atoms with Gasteiger partial charge >= 0.3 is 6.18 Å². The number of aromatic nitrogens is 2. The van der Waals surface area contributed by atoms with Crippen molar-refractivity contribution in [3.63, 3.8) is 0 Å². The molecule has 0 unspecified atom stereocenters. The maximum absolute atomic E-state index is 14.0. The summed E-state index contributed by atoms with van der Waals surface area (Å²) in [5, 5.41) is 6.82. The number of nitrogens with zero attached hydrogens (tertiary/aromatic N) is 3. The zero-order valence-electron chi connectivity index (χ0n) is 23.8. The van der Waals surface area contributed by atoms with E-state index in [4.69, 9.17) is 12.2 Å². The van der Waals surface area contributed by atoms with Crippen molar-refractivity contribution in [2.24, 2.45) is 0 Å². The van der Waals surface area contributed by atoms with Crippen molar-refractivity contribution in [1.82, 2.24) is 19.8 Å². The van der Waals surface area contributed by atoms with Crippen LogP contribution in [0.2, 0.25) is 0 Å². The van der Waals surface area contributed by atoms with Gasteiger partial charge in [-0.05, 0) is 93.0 Å². The van der Waals surface area contributed by atoms with Gasteiger partial charge in [0.15, 0.2) is 5.11 Å². The standard InChI is InChI=1S/C32H32F3N5OS/c1-19-12-13-20(2)26(17-19)37-28(41)14-16-39-30(29(38-31(39)42)25-10-7-8-15-36-25)23-18-21(3)40(22(23)4)27-11-6-5-9-24(27)32(33,34)35/h5-13,15,17-18,29-30H,14,16H2,1-4H3,(H,37,41)(H,38,42)/t29-,30+/m1/s1. The molecule has 10 heteroatoms. The van der Waals surface area contributed by atoms with E-state index in [1.54, 1.807) is 23.8 Å². The fourth-order valence-electron chi connectivity index (χ4n) is 5.66. The molecule has 0 aliphatic carbocycles.